The van der Waals surface area contributed by atoms with Gasteiger partial charge in [-0.25, -0.2) is 14.4 Å². The number of rotatable bonds is 3. The molecule has 0 aliphatic rings. The van der Waals surface area contributed by atoms with Gasteiger partial charge in [0.2, 0.25) is 0 Å². The van der Waals surface area contributed by atoms with Gasteiger partial charge >= 0.3 is 0 Å². The summed E-state index contributed by atoms with van der Waals surface area (Å²) in [5.41, 5.74) is 2.88. The number of nitrogens with one attached hydrogen (secondary N) is 2. The van der Waals surface area contributed by atoms with Crippen molar-refractivity contribution >= 4 is 28.1 Å². The van der Waals surface area contributed by atoms with Crippen molar-refractivity contribution in [3.05, 3.63) is 52.6 Å². The molecule has 21 heavy (non-hydrogen) atoms. The van der Waals surface area contributed by atoms with Gasteiger partial charge in [0.1, 0.15) is 16.8 Å². The first-order chi connectivity index (χ1) is 10.0. The largest absolute Gasteiger partial charge is 0.378 e. The standard InChI is InChI=1S/C15H14ClFN4/c1-8-9(2)21-14(20-8)7-18-10-3-4-11-12(5-10)15(16)19-6-13(11)17/h3-6,18H,7H2,1-2H3,(H,20,21). The Morgan fingerprint density at radius 2 is 2.10 bits per heavy atom. The van der Waals surface area contributed by atoms with Gasteiger partial charge in [-0.15, -0.1) is 0 Å². The minimum absolute atomic E-state index is 0.291. The van der Waals surface area contributed by atoms with Gasteiger partial charge in [0.05, 0.1) is 18.4 Å². The predicted molar refractivity (Wildman–Crippen MR) is 82.1 cm³/mol. The van der Waals surface area contributed by atoms with Crippen molar-refractivity contribution in [3.63, 3.8) is 0 Å². The molecule has 0 fully saturated rings. The number of aromatic amines is 1. The molecule has 6 heteroatoms. The molecule has 3 rings (SSSR count). The third kappa shape index (κ3) is 2.69. The number of aryl methyl sites for hydroxylation is 2. The molecule has 2 heterocycles. The lowest BCUT2D eigenvalue weighted by Crippen LogP contribution is -2.01. The molecule has 2 N–H and O–H groups in total. The van der Waals surface area contributed by atoms with Crippen LogP contribution in [0.3, 0.4) is 0 Å². The molecule has 0 saturated carbocycles. The zero-order chi connectivity index (χ0) is 15.0. The third-order valence-corrected chi connectivity index (χ3v) is 3.73. The second kappa shape index (κ2) is 5.33. The molecule has 3 aromatic rings. The third-order valence-electron chi connectivity index (χ3n) is 3.43. The van der Waals surface area contributed by atoms with Crippen molar-refractivity contribution in [1.29, 1.82) is 0 Å². The van der Waals surface area contributed by atoms with Gasteiger partial charge in [0.25, 0.3) is 0 Å². The number of nitrogens with zero attached hydrogens (tertiary/aromatic N) is 2. The zero-order valence-electron chi connectivity index (χ0n) is 11.7. The van der Waals surface area contributed by atoms with Gasteiger partial charge in [-0.1, -0.05) is 11.6 Å². The highest BCUT2D eigenvalue weighted by atomic mass is 35.5. The molecule has 2 aromatic heterocycles. The van der Waals surface area contributed by atoms with Crippen molar-refractivity contribution in [2.45, 2.75) is 20.4 Å². The maximum Gasteiger partial charge on any atom is 0.149 e. The van der Waals surface area contributed by atoms with Crippen LogP contribution in [0.1, 0.15) is 17.2 Å². The van der Waals surface area contributed by atoms with Crippen LogP contribution in [0.2, 0.25) is 5.15 Å². The molecule has 0 unspecified atom stereocenters. The first kappa shape index (κ1) is 13.8. The molecule has 108 valence electrons. The highest BCUT2D eigenvalue weighted by Gasteiger charge is 2.07. The quantitative estimate of drug-likeness (QED) is 0.720. The summed E-state index contributed by atoms with van der Waals surface area (Å²) in [6.07, 6.45) is 1.13. The summed E-state index contributed by atoms with van der Waals surface area (Å²) in [6.45, 7) is 4.50. The van der Waals surface area contributed by atoms with E-state index in [1.165, 1.54) is 0 Å². The molecule has 0 saturated heterocycles. The molecule has 0 amide bonds. The number of H-pyrrole nitrogens is 1. The Morgan fingerprint density at radius 1 is 1.29 bits per heavy atom. The number of aromatic nitrogens is 3. The van der Waals surface area contributed by atoms with Crippen LogP contribution in [0.5, 0.6) is 0 Å². The summed E-state index contributed by atoms with van der Waals surface area (Å²) in [5.74, 6) is 0.479. The highest BCUT2D eigenvalue weighted by molar-refractivity contribution is 6.34. The van der Waals surface area contributed by atoms with Crippen molar-refractivity contribution in [2.75, 3.05) is 5.32 Å². The van der Waals surface area contributed by atoms with E-state index < -0.39 is 0 Å². The Balaban J connectivity index is 1.86. The molecule has 0 atom stereocenters. The summed E-state index contributed by atoms with van der Waals surface area (Å²) in [6, 6.07) is 5.29. The molecule has 0 bridgehead atoms. The Kier molecular flexibility index (Phi) is 3.51. The van der Waals surface area contributed by atoms with Crippen LogP contribution in [-0.2, 0) is 6.54 Å². The van der Waals surface area contributed by atoms with Crippen LogP contribution in [0.25, 0.3) is 10.8 Å². The van der Waals surface area contributed by atoms with Gasteiger partial charge in [0, 0.05) is 22.2 Å². The number of halogens is 2. The summed E-state index contributed by atoms with van der Waals surface area (Å²) < 4.78 is 13.6. The van der Waals surface area contributed by atoms with E-state index in [0.717, 1.165) is 29.1 Å². The Bertz CT molecular complexity index is 793. The number of anilines is 1. The van der Waals surface area contributed by atoms with Gasteiger partial charge in [-0.2, -0.15) is 0 Å². The minimum Gasteiger partial charge on any atom is -0.378 e. The summed E-state index contributed by atoms with van der Waals surface area (Å²) in [7, 11) is 0. The molecular formula is C15H14ClFN4. The average Bonchev–Trinajstić information content (AvgIpc) is 2.80. The van der Waals surface area contributed by atoms with E-state index in [0.29, 0.717) is 22.5 Å². The maximum atomic E-state index is 13.6. The fourth-order valence-electron chi connectivity index (χ4n) is 2.18. The van der Waals surface area contributed by atoms with Crippen LogP contribution < -0.4 is 5.32 Å². The predicted octanol–water partition coefficient (Wildman–Crippen LogP) is 3.98. The molecule has 1 aromatic carbocycles. The van der Waals surface area contributed by atoms with E-state index in [1.807, 2.05) is 19.9 Å². The lowest BCUT2D eigenvalue weighted by molar-refractivity contribution is 0.634. The normalized spacial score (nSPS) is 11.0. The first-order valence-corrected chi connectivity index (χ1v) is 6.92. The number of benzene rings is 1. The van der Waals surface area contributed by atoms with E-state index in [2.05, 4.69) is 20.3 Å². The number of fused-ring (bicyclic) bond motifs is 1. The Morgan fingerprint density at radius 3 is 2.81 bits per heavy atom. The second-order valence-corrected chi connectivity index (χ2v) is 5.26. The topological polar surface area (TPSA) is 53.6 Å². The number of pyridine rings is 1. The van der Waals surface area contributed by atoms with Crippen molar-refractivity contribution in [2.24, 2.45) is 0 Å². The molecule has 0 spiro atoms. The van der Waals surface area contributed by atoms with Gasteiger partial charge in [-0.05, 0) is 32.0 Å². The minimum atomic E-state index is -0.377. The highest BCUT2D eigenvalue weighted by Crippen LogP contribution is 2.26. The second-order valence-electron chi connectivity index (χ2n) is 4.90. The molecule has 0 aliphatic carbocycles. The van der Waals surface area contributed by atoms with Crippen LogP contribution in [-0.4, -0.2) is 15.0 Å². The maximum absolute atomic E-state index is 13.6. The number of hydrogen-bond acceptors (Lipinski definition) is 3. The molecular weight excluding hydrogens is 291 g/mol. The monoisotopic (exact) mass is 304 g/mol. The Labute approximate surface area is 126 Å². The molecule has 0 radical (unpaired) electrons. The number of imidazole rings is 1. The van der Waals surface area contributed by atoms with Crippen molar-refractivity contribution in [1.82, 2.24) is 15.0 Å². The van der Waals surface area contributed by atoms with Gasteiger partial charge in [-0.3, -0.25) is 0 Å². The first-order valence-electron chi connectivity index (χ1n) is 6.54. The van der Waals surface area contributed by atoms with Crippen LogP contribution in [0, 0.1) is 19.7 Å². The van der Waals surface area contributed by atoms with E-state index in [4.69, 9.17) is 11.6 Å². The lowest BCUT2D eigenvalue weighted by atomic mass is 10.1. The summed E-state index contributed by atoms with van der Waals surface area (Å²) in [4.78, 5) is 11.4. The molecule has 0 aliphatic heterocycles. The molecule has 4 nitrogen and oxygen atoms in total. The summed E-state index contributed by atoms with van der Waals surface area (Å²) in [5, 5.41) is 4.58. The van der Waals surface area contributed by atoms with Crippen LogP contribution >= 0.6 is 11.6 Å². The smallest absolute Gasteiger partial charge is 0.149 e. The van der Waals surface area contributed by atoms with Crippen molar-refractivity contribution < 1.29 is 4.39 Å². The fraction of sp³-hybridized carbons (Fsp3) is 0.200. The van der Waals surface area contributed by atoms with E-state index in [9.17, 15) is 4.39 Å². The number of hydrogen-bond donors (Lipinski definition) is 2. The zero-order valence-corrected chi connectivity index (χ0v) is 12.4. The van der Waals surface area contributed by atoms with E-state index in [-0.39, 0.29) is 5.82 Å². The van der Waals surface area contributed by atoms with Crippen LogP contribution in [0.15, 0.2) is 24.4 Å². The van der Waals surface area contributed by atoms with Crippen molar-refractivity contribution in [3.8, 4) is 0 Å². The Hall–Kier alpha value is -2.14. The van der Waals surface area contributed by atoms with E-state index in [1.54, 1.807) is 12.1 Å². The van der Waals surface area contributed by atoms with Crippen LogP contribution in [0.4, 0.5) is 10.1 Å². The lowest BCUT2D eigenvalue weighted by Gasteiger charge is -2.07. The van der Waals surface area contributed by atoms with Gasteiger partial charge < -0.3 is 10.3 Å². The van der Waals surface area contributed by atoms with E-state index >= 15 is 0 Å². The average molecular weight is 305 g/mol. The SMILES string of the molecule is Cc1nc(CNc2ccc3c(F)cnc(Cl)c3c2)[nH]c1C. The fourth-order valence-corrected chi connectivity index (χ4v) is 2.38. The van der Waals surface area contributed by atoms with Gasteiger partial charge in [0.15, 0.2) is 0 Å². The summed E-state index contributed by atoms with van der Waals surface area (Å²) >= 11 is 6.02.